The van der Waals surface area contributed by atoms with E-state index in [0.717, 1.165) is 38.2 Å². The van der Waals surface area contributed by atoms with E-state index >= 15 is 0 Å². The van der Waals surface area contributed by atoms with Crippen LogP contribution in [-0.4, -0.2) is 43.2 Å². The zero-order valence-electron chi connectivity index (χ0n) is 11.1. The van der Waals surface area contributed by atoms with Gasteiger partial charge in [-0.15, -0.1) is 0 Å². The second-order valence-electron chi connectivity index (χ2n) is 4.87. The Hall–Kier alpha value is -1.59. The van der Waals surface area contributed by atoms with Gasteiger partial charge in [-0.3, -0.25) is 0 Å². The summed E-state index contributed by atoms with van der Waals surface area (Å²) in [6, 6.07) is 9.63. The fraction of sp³-hybridized carbons (Fsp3) is 0.500. The van der Waals surface area contributed by atoms with Crippen LogP contribution in [0.5, 0.6) is 0 Å². The van der Waals surface area contributed by atoms with Crippen LogP contribution < -0.4 is 16.4 Å². The van der Waals surface area contributed by atoms with E-state index in [2.05, 4.69) is 15.5 Å². The predicted molar refractivity (Wildman–Crippen MR) is 77.1 cm³/mol. The van der Waals surface area contributed by atoms with Crippen LogP contribution in [0.15, 0.2) is 30.3 Å². The number of likely N-dealkylation sites (tertiary alicyclic amines) is 1. The number of carbonyl (C=O) groups excluding carboxylic acids is 1. The van der Waals surface area contributed by atoms with Gasteiger partial charge >= 0.3 is 6.03 Å². The minimum Gasteiger partial charge on any atom is -0.335 e. The van der Waals surface area contributed by atoms with Crippen molar-refractivity contribution in [3.8, 4) is 0 Å². The SMILES string of the molecule is NCCN1CCC(NC(=O)Nc2ccccc2)CC1. The molecule has 1 aliphatic rings. The topological polar surface area (TPSA) is 70.4 Å². The summed E-state index contributed by atoms with van der Waals surface area (Å²) in [6.45, 7) is 3.66. The van der Waals surface area contributed by atoms with Crippen LogP contribution in [0.25, 0.3) is 0 Å². The number of carbonyl (C=O) groups is 1. The normalized spacial score (nSPS) is 17.1. The number of anilines is 1. The lowest BCUT2D eigenvalue weighted by molar-refractivity contribution is 0.200. The van der Waals surface area contributed by atoms with Gasteiger partial charge in [-0.1, -0.05) is 18.2 Å². The first-order valence-electron chi connectivity index (χ1n) is 6.83. The second kappa shape index (κ2) is 7.11. The third kappa shape index (κ3) is 4.54. The summed E-state index contributed by atoms with van der Waals surface area (Å²) in [4.78, 5) is 14.2. The van der Waals surface area contributed by atoms with Gasteiger partial charge < -0.3 is 21.3 Å². The highest BCUT2D eigenvalue weighted by atomic mass is 16.2. The van der Waals surface area contributed by atoms with Crippen LogP contribution >= 0.6 is 0 Å². The fourth-order valence-electron chi connectivity index (χ4n) is 2.36. The molecule has 104 valence electrons. The van der Waals surface area contributed by atoms with Crippen molar-refractivity contribution in [1.29, 1.82) is 0 Å². The molecule has 0 aliphatic carbocycles. The summed E-state index contributed by atoms with van der Waals surface area (Å²) in [6.07, 6.45) is 1.98. The first-order chi connectivity index (χ1) is 9.28. The molecule has 1 saturated heterocycles. The van der Waals surface area contributed by atoms with Gasteiger partial charge in [0, 0.05) is 37.9 Å². The maximum absolute atomic E-state index is 11.8. The van der Waals surface area contributed by atoms with E-state index in [1.807, 2.05) is 30.3 Å². The Kier molecular flexibility index (Phi) is 5.18. The molecule has 0 bridgehead atoms. The number of benzene rings is 1. The summed E-state index contributed by atoms with van der Waals surface area (Å²) < 4.78 is 0. The molecule has 5 nitrogen and oxygen atoms in total. The van der Waals surface area contributed by atoms with Gasteiger partial charge in [0.1, 0.15) is 0 Å². The maximum Gasteiger partial charge on any atom is 0.319 e. The molecular formula is C14H22N4O. The molecule has 0 atom stereocenters. The van der Waals surface area contributed by atoms with Crippen molar-refractivity contribution < 1.29 is 4.79 Å². The summed E-state index contributed by atoms with van der Waals surface area (Å²) in [5.74, 6) is 0. The van der Waals surface area contributed by atoms with E-state index in [0.29, 0.717) is 6.54 Å². The minimum absolute atomic E-state index is 0.122. The predicted octanol–water partition coefficient (Wildman–Crippen LogP) is 1.23. The molecule has 19 heavy (non-hydrogen) atoms. The Morgan fingerprint density at radius 3 is 2.58 bits per heavy atom. The van der Waals surface area contributed by atoms with Gasteiger partial charge in [-0.2, -0.15) is 0 Å². The lowest BCUT2D eigenvalue weighted by Gasteiger charge is -2.31. The molecule has 0 aromatic heterocycles. The van der Waals surface area contributed by atoms with Gasteiger partial charge in [0.05, 0.1) is 0 Å². The van der Waals surface area contributed by atoms with E-state index in [1.54, 1.807) is 0 Å². The quantitative estimate of drug-likeness (QED) is 0.764. The minimum atomic E-state index is -0.122. The van der Waals surface area contributed by atoms with Crippen molar-refractivity contribution in [2.75, 3.05) is 31.5 Å². The van der Waals surface area contributed by atoms with Crippen molar-refractivity contribution >= 4 is 11.7 Å². The van der Waals surface area contributed by atoms with Crippen molar-refractivity contribution in [2.24, 2.45) is 5.73 Å². The molecular weight excluding hydrogens is 240 g/mol. The van der Waals surface area contributed by atoms with E-state index in [1.165, 1.54) is 0 Å². The van der Waals surface area contributed by atoms with Crippen LogP contribution in [0, 0.1) is 0 Å². The molecule has 2 amide bonds. The van der Waals surface area contributed by atoms with Crippen LogP contribution in [0.2, 0.25) is 0 Å². The molecule has 1 heterocycles. The number of nitrogens with zero attached hydrogens (tertiary/aromatic N) is 1. The molecule has 0 radical (unpaired) electrons. The highest BCUT2D eigenvalue weighted by molar-refractivity contribution is 5.89. The Morgan fingerprint density at radius 2 is 1.95 bits per heavy atom. The van der Waals surface area contributed by atoms with Crippen molar-refractivity contribution in [2.45, 2.75) is 18.9 Å². The number of hydrogen-bond acceptors (Lipinski definition) is 3. The average Bonchev–Trinajstić information content (AvgIpc) is 2.42. The van der Waals surface area contributed by atoms with Gasteiger partial charge in [0.2, 0.25) is 0 Å². The number of urea groups is 1. The smallest absolute Gasteiger partial charge is 0.319 e. The maximum atomic E-state index is 11.8. The number of piperidine rings is 1. The lowest BCUT2D eigenvalue weighted by atomic mass is 10.1. The molecule has 0 spiro atoms. The number of nitrogens with two attached hydrogens (primary N) is 1. The first kappa shape index (κ1) is 13.8. The fourth-order valence-corrected chi connectivity index (χ4v) is 2.36. The van der Waals surface area contributed by atoms with E-state index < -0.39 is 0 Å². The molecule has 0 saturated carbocycles. The largest absolute Gasteiger partial charge is 0.335 e. The van der Waals surface area contributed by atoms with E-state index in [9.17, 15) is 4.79 Å². The van der Waals surface area contributed by atoms with Crippen molar-refractivity contribution in [3.63, 3.8) is 0 Å². The average molecular weight is 262 g/mol. The third-order valence-corrected chi connectivity index (χ3v) is 3.40. The molecule has 5 heteroatoms. The molecule has 0 unspecified atom stereocenters. The lowest BCUT2D eigenvalue weighted by Crippen LogP contribution is -2.46. The number of amides is 2. The van der Waals surface area contributed by atoms with Gasteiger partial charge in [-0.05, 0) is 25.0 Å². The van der Waals surface area contributed by atoms with Gasteiger partial charge in [0.15, 0.2) is 0 Å². The van der Waals surface area contributed by atoms with Crippen LogP contribution in [0.3, 0.4) is 0 Å². The number of rotatable bonds is 4. The Morgan fingerprint density at radius 1 is 1.26 bits per heavy atom. The van der Waals surface area contributed by atoms with Gasteiger partial charge in [0.25, 0.3) is 0 Å². The third-order valence-electron chi connectivity index (χ3n) is 3.40. The van der Waals surface area contributed by atoms with Crippen LogP contribution in [-0.2, 0) is 0 Å². The monoisotopic (exact) mass is 262 g/mol. The molecule has 2 rings (SSSR count). The summed E-state index contributed by atoms with van der Waals surface area (Å²) in [5, 5.41) is 5.86. The van der Waals surface area contributed by atoms with Gasteiger partial charge in [-0.25, -0.2) is 4.79 Å². The molecule has 4 N–H and O–H groups in total. The molecule has 1 aromatic rings. The number of hydrogen-bond donors (Lipinski definition) is 3. The Bertz CT molecular complexity index is 388. The van der Waals surface area contributed by atoms with Crippen molar-refractivity contribution in [3.05, 3.63) is 30.3 Å². The Labute approximate surface area is 114 Å². The summed E-state index contributed by atoms with van der Waals surface area (Å²) in [7, 11) is 0. The molecule has 1 aliphatic heterocycles. The van der Waals surface area contributed by atoms with E-state index in [-0.39, 0.29) is 12.1 Å². The molecule has 1 fully saturated rings. The second-order valence-corrected chi connectivity index (χ2v) is 4.87. The highest BCUT2D eigenvalue weighted by Gasteiger charge is 2.19. The molecule has 1 aromatic carbocycles. The zero-order chi connectivity index (χ0) is 13.5. The van der Waals surface area contributed by atoms with E-state index in [4.69, 9.17) is 5.73 Å². The van der Waals surface area contributed by atoms with Crippen LogP contribution in [0.4, 0.5) is 10.5 Å². The standard InChI is InChI=1S/C14H22N4O/c15-8-11-18-9-6-13(7-10-18)17-14(19)16-12-4-2-1-3-5-12/h1-5,13H,6-11,15H2,(H2,16,17,19). The first-order valence-corrected chi connectivity index (χ1v) is 6.83. The summed E-state index contributed by atoms with van der Waals surface area (Å²) in [5.41, 5.74) is 6.36. The highest BCUT2D eigenvalue weighted by Crippen LogP contribution is 2.10. The van der Waals surface area contributed by atoms with Crippen molar-refractivity contribution in [1.82, 2.24) is 10.2 Å². The number of nitrogens with one attached hydrogen (secondary N) is 2. The number of para-hydroxylation sites is 1. The van der Waals surface area contributed by atoms with Crippen LogP contribution in [0.1, 0.15) is 12.8 Å². The zero-order valence-corrected chi connectivity index (χ0v) is 11.1. The Balaban J connectivity index is 1.72. The summed E-state index contributed by atoms with van der Waals surface area (Å²) >= 11 is 0.